The Bertz CT molecular complexity index is 275. The molecular formula is C10H17BrN2S. The minimum atomic E-state index is 0.500. The van der Waals surface area contributed by atoms with Gasteiger partial charge in [0.15, 0.2) is 0 Å². The molecule has 1 aromatic heterocycles. The summed E-state index contributed by atoms with van der Waals surface area (Å²) in [4.78, 5) is 3.77. The quantitative estimate of drug-likeness (QED) is 0.890. The first-order valence-electron chi connectivity index (χ1n) is 4.74. The SMILES string of the molecule is CNCCN(C)C(C)c1cc(Br)cs1. The number of thiophene rings is 1. The fourth-order valence-electron chi connectivity index (χ4n) is 1.25. The van der Waals surface area contributed by atoms with E-state index in [-0.39, 0.29) is 0 Å². The van der Waals surface area contributed by atoms with Crippen LogP contribution in [0.2, 0.25) is 0 Å². The number of rotatable bonds is 5. The Balaban J connectivity index is 2.51. The fraction of sp³-hybridized carbons (Fsp3) is 0.600. The second-order valence-electron chi connectivity index (χ2n) is 3.43. The molecule has 0 bridgehead atoms. The average Bonchev–Trinajstić information content (AvgIpc) is 2.60. The number of nitrogens with one attached hydrogen (secondary N) is 1. The van der Waals surface area contributed by atoms with Gasteiger partial charge in [-0.15, -0.1) is 11.3 Å². The van der Waals surface area contributed by atoms with Crippen LogP contribution < -0.4 is 5.32 Å². The molecule has 0 radical (unpaired) electrons. The van der Waals surface area contributed by atoms with Crippen LogP contribution in [0.1, 0.15) is 17.8 Å². The van der Waals surface area contributed by atoms with E-state index in [2.05, 4.69) is 51.6 Å². The number of hydrogen-bond donors (Lipinski definition) is 1. The Kier molecular flexibility index (Phi) is 5.09. The summed E-state index contributed by atoms with van der Waals surface area (Å²) >= 11 is 5.29. The van der Waals surface area contributed by atoms with Crippen molar-refractivity contribution in [2.45, 2.75) is 13.0 Å². The van der Waals surface area contributed by atoms with Gasteiger partial charge in [-0.05, 0) is 43.0 Å². The first-order chi connectivity index (χ1) is 6.65. The zero-order chi connectivity index (χ0) is 10.6. The van der Waals surface area contributed by atoms with Crippen molar-refractivity contribution in [3.05, 3.63) is 20.8 Å². The van der Waals surface area contributed by atoms with Crippen molar-refractivity contribution in [3.63, 3.8) is 0 Å². The number of hydrogen-bond acceptors (Lipinski definition) is 3. The molecule has 0 saturated heterocycles. The lowest BCUT2D eigenvalue weighted by Gasteiger charge is -2.23. The lowest BCUT2D eigenvalue weighted by molar-refractivity contribution is 0.267. The minimum Gasteiger partial charge on any atom is -0.318 e. The molecule has 0 aliphatic carbocycles. The monoisotopic (exact) mass is 276 g/mol. The molecule has 0 aliphatic heterocycles. The number of halogens is 1. The van der Waals surface area contributed by atoms with Crippen molar-refractivity contribution in [3.8, 4) is 0 Å². The molecule has 0 amide bonds. The van der Waals surface area contributed by atoms with Gasteiger partial charge in [-0.1, -0.05) is 0 Å². The topological polar surface area (TPSA) is 15.3 Å². The molecule has 1 unspecified atom stereocenters. The number of nitrogens with zero attached hydrogens (tertiary/aromatic N) is 1. The Morgan fingerprint density at radius 2 is 2.36 bits per heavy atom. The Morgan fingerprint density at radius 3 is 2.86 bits per heavy atom. The smallest absolute Gasteiger partial charge is 0.0411 e. The molecule has 0 fully saturated rings. The minimum absolute atomic E-state index is 0.500. The summed E-state index contributed by atoms with van der Waals surface area (Å²) in [7, 11) is 4.15. The molecule has 14 heavy (non-hydrogen) atoms. The molecule has 80 valence electrons. The van der Waals surface area contributed by atoms with Gasteiger partial charge < -0.3 is 5.32 Å². The molecule has 4 heteroatoms. The van der Waals surface area contributed by atoms with Crippen molar-refractivity contribution in [2.75, 3.05) is 27.2 Å². The van der Waals surface area contributed by atoms with Crippen molar-refractivity contribution in [1.29, 1.82) is 0 Å². The van der Waals surface area contributed by atoms with Gasteiger partial charge in [-0.25, -0.2) is 0 Å². The van der Waals surface area contributed by atoms with Crippen LogP contribution in [0.25, 0.3) is 0 Å². The number of likely N-dealkylation sites (N-methyl/N-ethyl adjacent to an activating group) is 2. The molecule has 0 aliphatic rings. The highest BCUT2D eigenvalue weighted by molar-refractivity contribution is 9.10. The molecule has 1 atom stereocenters. The first-order valence-corrected chi connectivity index (χ1v) is 6.41. The normalized spacial score (nSPS) is 13.5. The third-order valence-electron chi connectivity index (χ3n) is 2.38. The molecule has 1 aromatic rings. The summed E-state index contributed by atoms with van der Waals surface area (Å²) in [5.74, 6) is 0. The third-order valence-corrected chi connectivity index (χ3v) is 4.24. The van der Waals surface area contributed by atoms with E-state index in [1.54, 1.807) is 0 Å². The van der Waals surface area contributed by atoms with Crippen molar-refractivity contribution >= 4 is 27.3 Å². The van der Waals surface area contributed by atoms with Crippen molar-refractivity contribution in [1.82, 2.24) is 10.2 Å². The third kappa shape index (κ3) is 3.35. The van der Waals surface area contributed by atoms with E-state index in [1.165, 1.54) is 9.35 Å². The van der Waals surface area contributed by atoms with Gasteiger partial charge in [0, 0.05) is 33.9 Å². The lowest BCUT2D eigenvalue weighted by atomic mass is 10.2. The van der Waals surface area contributed by atoms with Gasteiger partial charge in [-0.2, -0.15) is 0 Å². The maximum absolute atomic E-state index is 3.48. The molecule has 1 rings (SSSR count). The van der Waals surface area contributed by atoms with Crippen molar-refractivity contribution < 1.29 is 0 Å². The van der Waals surface area contributed by atoms with Gasteiger partial charge in [0.2, 0.25) is 0 Å². The molecule has 0 spiro atoms. The van der Waals surface area contributed by atoms with Gasteiger partial charge in [0.05, 0.1) is 0 Å². The van der Waals surface area contributed by atoms with Crippen LogP contribution in [-0.4, -0.2) is 32.1 Å². The molecule has 0 aromatic carbocycles. The fourth-order valence-corrected chi connectivity index (χ4v) is 2.81. The van der Waals surface area contributed by atoms with E-state index in [1.807, 2.05) is 18.4 Å². The maximum atomic E-state index is 3.48. The second kappa shape index (κ2) is 5.85. The van der Waals surface area contributed by atoms with E-state index < -0.39 is 0 Å². The van der Waals surface area contributed by atoms with Crippen LogP contribution in [0.15, 0.2) is 15.9 Å². The summed E-state index contributed by atoms with van der Waals surface area (Å²) < 4.78 is 1.19. The molecule has 1 N–H and O–H groups in total. The predicted octanol–water partition coefficient (Wildman–Crippen LogP) is 2.72. The lowest BCUT2D eigenvalue weighted by Crippen LogP contribution is -2.29. The zero-order valence-corrected chi connectivity index (χ0v) is 11.3. The predicted molar refractivity (Wildman–Crippen MR) is 67.0 cm³/mol. The Hall–Kier alpha value is 0.1000. The van der Waals surface area contributed by atoms with E-state index in [4.69, 9.17) is 0 Å². The summed E-state index contributed by atoms with van der Waals surface area (Å²) in [6.07, 6.45) is 0. The molecule has 1 heterocycles. The van der Waals surface area contributed by atoms with Crippen LogP contribution in [0.5, 0.6) is 0 Å². The van der Waals surface area contributed by atoms with Crippen LogP contribution in [-0.2, 0) is 0 Å². The largest absolute Gasteiger partial charge is 0.318 e. The average molecular weight is 277 g/mol. The Labute approximate surface area is 98.4 Å². The van der Waals surface area contributed by atoms with E-state index in [9.17, 15) is 0 Å². The molecular weight excluding hydrogens is 260 g/mol. The van der Waals surface area contributed by atoms with Crippen LogP contribution in [0.3, 0.4) is 0 Å². The van der Waals surface area contributed by atoms with Gasteiger partial charge in [-0.3, -0.25) is 4.90 Å². The highest BCUT2D eigenvalue weighted by atomic mass is 79.9. The van der Waals surface area contributed by atoms with Crippen LogP contribution in [0, 0.1) is 0 Å². The molecule has 0 saturated carbocycles. The maximum Gasteiger partial charge on any atom is 0.0411 e. The zero-order valence-electron chi connectivity index (χ0n) is 8.88. The van der Waals surface area contributed by atoms with Crippen LogP contribution in [0.4, 0.5) is 0 Å². The second-order valence-corrected chi connectivity index (χ2v) is 5.29. The van der Waals surface area contributed by atoms with E-state index >= 15 is 0 Å². The van der Waals surface area contributed by atoms with Crippen LogP contribution >= 0.6 is 27.3 Å². The summed E-state index contributed by atoms with van der Waals surface area (Å²) in [6, 6.07) is 2.70. The highest BCUT2D eigenvalue weighted by Gasteiger charge is 2.12. The van der Waals surface area contributed by atoms with E-state index in [0.717, 1.165) is 13.1 Å². The summed E-state index contributed by atoms with van der Waals surface area (Å²) in [5, 5.41) is 5.30. The summed E-state index contributed by atoms with van der Waals surface area (Å²) in [5.41, 5.74) is 0. The van der Waals surface area contributed by atoms with Gasteiger partial charge >= 0.3 is 0 Å². The van der Waals surface area contributed by atoms with E-state index in [0.29, 0.717) is 6.04 Å². The first kappa shape index (κ1) is 12.2. The van der Waals surface area contributed by atoms with Gasteiger partial charge in [0.25, 0.3) is 0 Å². The Morgan fingerprint density at radius 1 is 1.64 bits per heavy atom. The standard InChI is InChI=1S/C10H17BrN2S/c1-8(13(3)5-4-12-2)10-6-9(11)7-14-10/h6-8,12H,4-5H2,1-3H3. The van der Waals surface area contributed by atoms with Gasteiger partial charge in [0.1, 0.15) is 0 Å². The van der Waals surface area contributed by atoms with Crippen molar-refractivity contribution in [2.24, 2.45) is 0 Å². The highest BCUT2D eigenvalue weighted by Crippen LogP contribution is 2.28. The summed E-state index contributed by atoms with van der Waals surface area (Å²) in [6.45, 7) is 4.36. The molecule has 2 nitrogen and oxygen atoms in total.